The largest absolute Gasteiger partial charge is 0.369 e. The van der Waals surface area contributed by atoms with Crippen LogP contribution in [0.4, 0.5) is 5.82 Å². The number of carbonyl (C=O) groups is 1. The Morgan fingerprint density at radius 3 is 2.59 bits per heavy atom. The Kier molecular flexibility index (Phi) is 8.10. The van der Waals surface area contributed by atoms with Crippen molar-refractivity contribution in [3.05, 3.63) is 23.9 Å². The molecule has 160 valence electrons. The third-order valence-corrected chi connectivity index (χ3v) is 5.73. The molecule has 1 aromatic rings. The number of anilines is 1. The highest BCUT2D eigenvalue weighted by atomic mass is 16.1. The quantitative estimate of drug-likeness (QED) is 0.487. The molecule has 1 amide bonds. The Labute approximate surface area is 173 Å². The van der Waals surface area contributed by atoms with Gasteiger partial charge in [-0.3, -0.25) is 14.7 Å². The van der Waals surface area contributed by atoms with Crippen molar-refractivity contribution in [2.24, 2.45) is 10.7 Å². The van der Waals surface area contributed by atoms with E-state index in [1.54, 1.807) is 7.05 Å². The summed E-state index contributed by atoms with van der Waals surface area (Å²) in [6.45, 7) is 5.01. The molecule has 2 aliphatic rings. The molecule has 3 heterocycles. The molecule has 2 saturated heterocycles. The summed E-state index contributed by atoms with van der Waals surface area (Å²) in [5, 5.41) is 6.93. The first-order valence-electron chi connectivity index (χ1n) is 10.8. The second-order valence-corrected chi connectivity index (χ2v) is 8.01. The molecule has 0 aliphatic carbocycles. The lowest BCUT2D eigenvalue weighted by molar-refractivity contribution is -0.119. The number of amides is 1. The van der Waals surface area contributed by atoms with Crippen molar-refractivity contribution in [2.45, 2.75) is 51.1 Å². The van der Waals surface area contributed by atoms with Gasteiger partial charge in [-0.05, 0) is 43.4 Å². The highest BCUT2D eigenvalue weighted by Crippen LogP contribution is 2.18. The van der Waals surface area contributed by atoms with E-state index >= 15 is 0 Å². The van der Waals surface area contributed by atoms with Gasteiger partial charge in [-0.25, -0.2) is 4.98 Å². The highest BCUT2D eigenvalue weighted by Gasteiger charge is 2.20. The molecule has 2 aliphatic heterocycles. The average Bonchev–Trinajstić information content (AvgIpc) is 3.02. The Hall–Kier alpha value is -2.35. The molecule has 29 heavy (non-hydrogen) atoms. The minimum Gasteiger partial charge on any atom is -0.369 e. The molecule has 0 unspecified atom stereocenters. The first kappa shape index (κ1) is 21.4. The normalized spacial score (nSPS) is 19.6. The molecule has 3 rings (SSSR count). The van der Waals surface area contributed by atoms with Crippen molar-refractivity contribution in [2.75, 3.05) is 44.7 Å². The van der Waals surface area contributed by atoms with Crippen molar-refractivity contribution >= 4 is 17.7 Å². The molecule has 8 heteroatoms. The van der Waals surface area contributed by atoms with Crippen LogP contribution in [-0.4, -0.2) is 67.6 Å². The van der Waals surface area contributed by atoms with Gasteiger partial charge >= 0.3 is 0 Å². The van der Waals surface area contributed by atoms with Gasteiger partial charge in [0, 0.05) is 52.0 Å². The van der Waals surface area contributed by atoms with Crippen LogP contribution in [0.2, 0.25) is 0 Å². The number of nitrogens with one attached hydrogen (secondary N) is 2. The lowest BCUT2D eigenvalue weighted by atomic mass is 10.1. The van der Waals surface area contributed by atoms with Gasteiger partial charge in [-0.2, -0.15) is 0 Å². The molecule has 0 saturated carbocycles. The van der Waals surface area contributed by atoms with Crippen LogP contribution in [0.25, 0.3) is 0 Å². The Morgan fingerprint density at radius 1 is 1.21 bits per heavy atom. The van der Waals surface area contributed by atoms with Gasteiger partial charge in [-0.1, -0.05) is 12.8 Å². The molecule has 8 nitrogen and oxygen atoms in total. The van der Waals surface area contributed by atoms with Crippen molar-refractivity contribution in [1.82, 2.24) is 20.5 Å². The Morgan fingerprint density at radius 2 is 1.93 bits per heavy atom. The number of likely N-dealkylation sites (tertiary alicyclic amines) is 1. The highest BCUT2D eigenvalue weighted by molar-refractivity contribution is 5.80. The lowest BCUT2D eigenvalue weighted by Gasteiger charge is -2.32. The van der Waals surface area contributed by atoms with Crippen LogP contribution >= 0.6 is 0 Å². The number of hydrogen-bond donors (Lipinski definition) is 3. The predicted octanol–water partition coefficient (Wildman–Crippen LogP) is 1.08. The Balaban J connectivity index is 1.47. The summed E-state index contributed by atoms with van der Waals surface area (Å²) in [6.07, 6.45) is 8.99. The van der Waals surface area contributed by atoms with E-state index in [0.29, 0.717) is 19.1 Å². The average molecular weight is 402 g/mol. The second kappa shape index (κ2) is 11.0. The molecule has 0 bridgehead atoms. The summed E-state index contributed by atoms with van der Waals surface area (Å²) >= 11 is 0. The number of hydrogen-bond acceptors (Lipinski definition) is 5. The Bertz CT molecular complexity index is 677. The van der Waals surface area contributed by atoms with E-state index in [0.717, 1.165) is 50.8 Å². The van der Waals surface area contributed by atoms with Crippen molar-refractivity contribution < 1.29 is 4.79 Å². The van der Waals surface area contributed by atoms with Crippen LogP contribution in [-0.2, 0) is 11.3 Å². The van der Waals surface area contributed by atoms with Crippen LogP contribution in [0, 0.1) is 0 Å². The maximum absolute atomic E-state index is 11.1. The number of aromatic nitrogens is 1. The van der Waals surface area contributed by atoms with Gasteiger partial charge in [-0.15, -0.1) is 0 Å². The summed E-state index contributed by atoms with van der Waals surface area (Å²) in [6, 6.07) is 4.60. The monoisotopic (exact) mass is 401 g/mol. The summed E-state index contributed by atoms with van der Waals surface area (Å²) in [5.74, 6) is 1.63. The fraction of sp³-hybridized carbons (Fsp3) is 0.667. The SMILES string of the molecule is CN=C(NCc1ccnc(N2CCCCCC2)c1)NC1CCN(CC(N)=O)CC1. The number of primary amides is 1. The van der Waals surface area contributed by atoms with E-state index in [4.69, 9.17) is 5.73 Å². The van der Waals surface area contributed by atoms with Gasteiger partial charge in [0.15, 0.2) is 5.96 Å². The fourth-order valence-corrected chi connectivity index (χ4v) is 4.07. The van der Waals surface area contributed by atoms with Crippen molar-refractivity contribution in [3.63, 3.8) is 0 Å². The summed E-state index contributed by atoms with van der Waals surface area (Å²) < 4.78 is 0. The number of rotatable bonds is 6. The van der Waals surface area contributed by atoms with Gasteiger partial charge in [0.05, 0.1) is 6.54 Å². The van der Waals surface area contributed by atoms with Gasteiger partial charge in [0.25, 0.3) is 0 Å². The van der Waals surface area contributed by atoms with E-state index in [2.05, 4.69) is 42.5 Å². The fourth-order valence-electron chi connectivity index (χ4n) is 4.07. The van der Waals surface area contributed by atoms with Crippen LogP contribution < -0.4 is 21.3 Å². The molecular formula is C21H35N7O. The van der Waals surface area contributed by atoms with E-state index in [1.807, 2.05) is 6.20 Å². The number of guanidine groups is 1. The number of nitrogens with zero attached hydrogens (tertiary/aromatic N) is 4. The van der Waals surface area contributed by atoms with Crippen LogP contribution in [0.3, 0.4) is 0 Å². The smallest absolute Gasteiger partial charge is 0.231 e. The van der Waals surface area contributed by atoms with Crippen LogP contribution in [0.1, 0.15) is 44.1 Å². The third kappa shape index (κ3) is 6.88. The molecule has 0 atom stereocenters. The van der Waals surface area contributed by atoms with E-state index < -0.39 is 0 Å². The zero-order valence-electron chi connectivity index (χ0n) is 17.6. The molecule has 2 fully saturated rings. The second-order valence-electron chi connectivity index (χ2n) is 8.01. The number of nitrogens with two attached hydrogens (primary N) is 1. The minimum absolute atomic E-state index is 0.259. The standard InChI is InChI=1S/C21H35N7O/c1-23-21(26-18-7-12-27(13-8-18)16-19(22)29)25-15-17-6-9-24-20(14-17)28-10-4-2-3-5-11-28/h6,9,14,18H,2-5,7-8,10-13,15-16H2,1H3,(H2,22,29)(H2,23,25,26). The lowest BCUT2D eigenvalue weighted by Crippen LogP contribution is -2.49. The zero-order chi connectivity index (χ0) is 20.5. The van der Waals surface area contributed by atoms with Gasteiger partial charge < -0.3 is 21.3 Å². The molecule has 1 aromatic heterocycles. The first-order valence-corrected chi connectivity index (χ1v) is 10.8. The van der Waals surface area contributed by atoms with Crippen LogP contribution in [0.15, 0.2) is 23.3 Å². The zero-order valence-corrected chi connectivity index (χ0v) is 17.6. The summed E-state index contributed by atoms with van der Waals surface area (Å²) in [4.78, 5) is 24.5. The molecule has 0 aromatic carbocycles. The van der Waals surface area contributed by atoms with Gasteiger partial charge in [0.2, 0.25) is 5.91 Å². The van der Waals surface area contributed by atoms with Crippen LogP contribution in [0.5, 0.6) is 0 Å². The summed E-state index contributed by atoms with van der Waals surface area (Å²) in [7, 11) is 1.80. The molecule has 0 radical (unpaired) electrons. The maximum Gasteiger partial charge on any atom is 0.231 e. The molecule has 0 spiro atoms. The number of carbonyl (C=O) groups excluding carboxylic acids is 1. The van der Waals surface area contributed by atoms with Crippen molar-refractivity contribution in [3.8, 4) is 0 Å². The predicted molar refractivity (Wildman–Crippen MR) is 117 cm³/mol. The number of piperidine rings is 1. The number of aliphatic imine (C=N–C) groups is 1. The van der Waals surface area contributed by atoms with Gasteiger partial charge in [0.1, 0.15) is 5.82 Å². The number of pyridine rings is 1. The molecular weight excluding hydrogens is 366 g/mol. The third-order valence-electron chi connectivity index (χ3n) is 5.73. The van der Waals surface area contributed by atoms with E-state index in [9.17, 15) is 4.79 Å². The van der Waals surface area contributed by atoms with E-state index in [1.165, 1.54) is 31.2 Å². The maximum atomic E-state index is 11.1. The van der Waals surface area contributed by atoms with E-state index in [-0.39, 0.29) is 5.91 Å². The summed E-state index contributed by atoms with van der Waals surface area (Å²) in [5.41, 5.74) is 6.50. The first-order chi connectivity index (χ1) is 14.1. The van der Waals surface area contributed by atoms with Crippen molar-refractivity contribution in [1.29, 1.82) is 0 Å². The topological polar surface area (TPSA) is 98.9 Å². The molecule has 4 N–H and O–H groups in total. The minimum atomic E-state index is -0.259.